The zero-order chi connectivity index (χ0) is 15.8. The molecule has 6 heteroatoms. The first-order valence-electron chi connectivity index (χ1n) is 6.77. The van der Waals surface area contributed by atoms with Gasteiger partial charge in [-0.3, -0.25) is 9.59 Å². The first-order chi connectivity index (χ1) is 9.93. The van der Waals surface area contributed by atoms with E-state index in [1.165, 1.54) is 0 Å². The minimum atomic E-state index is -0.884. The standard InChI is InChI=1S/C15H21NO5/c1-11-5-6-13(21-2)12(10-11)16(9-7-15(19)20)8-3-4-14(17)18/h5-6,10H,3-4,7-9H2,1-2H3,(H,17,18)(H,19,20). The van der Waals surface area contributed by atoms with Gasteiger partial charge in [0.1, 0.15) is 5.75 Å². The van der Waals surface area contributed by atoms with Crippen LogP contribution in [0, 0.1) is 6.92 Å². The molecule has 0 aliphatic carbocycles. The summed E-state index contributed by atoms with van der Waals surface area (Å²) in [5.41, 5.74) is 1.83. The number of nitrogens with zero attached hydrogens (tertiary/aromatic N) is 1. The van der Waals surface area contributed by atoms with E-state index in [0.29, 0.717) is 25.3 Å². The molecule has 1 rings (SSSR count). The minimum Gasteiger partial charge on any atom is -0.495 e. The summed E-state index contributed by atoms with van der Waals surface area (Å²) >= 11 is 0. The maximum Gasteiger partial charge on any atom is 0.305 e. The van der Waals surface area contributed by atoms with Crippen molar-refractivity contribution in [3.8, 4) is 5.75 Å². The number of aryl methyl sites for hydroxylation is 1. The Hall–Kier alpha value is -2.24. The number of anilines is 1. The van der Waals surface area contributed by atoms with Crippen LogP contribution in [0.15, 0.2) is 18.2 Å². The van der Waals surface area contributed by atoms with Crippen LogP contribution in [0.4, 0.5) is 5.69 Å². The van der Waals surface area contributed by atoms with Crippen molar-refractivity contribution in [1.82, 2.24) is 0 Å². The zero-order valence-electron chi connectivity index (χ0n) is 12.3. The third-order valence-corrected chi connectivity index (χ3v) is 3.09. The number of carboxylic acid groups (broad SMARTS) is 2. The molecule has 0 spiro atoms. The maximum atomic E-state index is 10.8. The molecule has 0 unspecified atom stereocenters. The van der Waals surface area contributed by atoms with Gasteiger partial charge in [-0.05, 0) is 31.0 Å². The molecule has 0 amide bonds. The zero-order valence-corrected chi connectivity index (χ0v) is 12.3. The first-order valence-corrected chi connectivity index (χ1v) is 6.77. The average molecular weight is 295 g/mol. The van der Waals surface area contributed by atoms with E-state index in [1.807, 2.05) is 30.0 Å². The molecule has 0 saturated heterocycles. The number of aliphatic carboxylic acids is 2. The Balaban J connectivity index is 2.90. The lowest BCUT2D eigenvalue weighted by Crippen LogP contribution is -2.28. The summed E-state index contributed by atoms with van der Waals surface area (Å²) in [6.45, 7) is 2.73. The van der Waals surface area contributed by atoms with E-state index in [1.54, 1.807) is 7.11 Å². The molecule has 21 heavy (non-hydrogen) atoms. The Morgan fingerprint density at radius 2 is 1.81 bits per heavy atom. The molecule has 0 aliphatic rings. The first kappa shape index (κ1) is 16.8. The second kappa shape index (κ2) is 8.14. The molecule has 6 nitrogen and oxygen atoms in total. The van der Waals surface area contributed by atoms with Crippen LogP contribution in [0.1, 0.15) is 24.8 Å². The number of methoxy groups -OCH3 is 1. The topological polar surface area (TPSA) is 87.1 Å². The van der Waals surface area contributed by atoms with Gasteiger partial charge in [0.2, 0.25) is 0 Å². The Morgan fingerprint density at radius 1 is 1.14 bits per heavy atom. The molecule has 0 heterocycles. The van der Waals surface area contributed by atoms with Gasteiger partial charge < -0.3 is 19.8 Å². The molecule has 0 atom stereocenters. The minimum absolute atomic E-state index is 0.00975. The second-order valence-electron chi connectivity index (χ2n) is 4.80. The summed E-state index contributed by atoms with van der Waals surface area (Å²) in [7, 11) is 1.56. The SMILES string of the molecule is COc1ccc(C)cc1N(CCCC(=O)O)CCC(=O)O. The quantitative estimate of drug-likeness (QED) is 0.726. The number of carbonyl (C=O) groups is 2. The highest BCUT2D eigenvalue weighted by atomic mass is 16.5. The van der Waals surface area contributed by atoms with Crippen LogP contribution in [0.25, 0.3) is 0 Å². The lowest BCUT2D eigenvalue weighted by molar-refractivity contribution is -0.138. The summed E-state index contributed by atoms with van der Waals surface area (Å²) in [6, 6.07) is 5.66. The van der Waals surface area contributed by atoms with Crippen LogP contribution < -0.4 is 9.64 Å². The van der Waals surface area contributed by atoms with Gasteiger partial charge in [-0.2, -0.15) is 0 Å². The molecule has 116 valence electrons. The van der Waals surface area contributed by atoms with E-state index in [4.69, 9.17) is 14.9 Å². The number of ether oxygens (including phenoxy) is 1. The van der Waals surface area contributed by atoms with Crippen LogP contribution in [0.5, 0.6) is 5.75 Å². The van der Waals surface area contributed by atoms with Crippen LogP contribution >= 0.6 is 0 Å². The van der Waals surface area contributed by atoms with Crippen LogP contribution in [-0.4, -0.2) is 42.4 Å². The molecule has 1 aromatic rings. The van der Waals surface area contributed by atoms with E-state index in [2.05, 4.69) is 0 Å². The highest BCUT2D eigenvalue weighted by molar-refractivity contribution is 5.69. The largest absolute Gasteiger partial charge is 0.495 e. The number of benzene rings is 1. The molecule has 2 N–H and O–H groups in total. The van der Waals surface area contributed by atoms with Crippen molar-refractivity contribution in [3.05, 3.63) is 23.8 Å². The molecule has 0 aromatic heterocycles. The van der Waals surface area contributed by atoms with Gasteiger partial charge >= 0.3 is 11.9 Å². The van der Waals surface area contributed by atoms with Crippen molar-refractivity contribution in [3.63, 3.8) is 0 Å². The van der Waals surface area contributed by atoms with Gasteiger partial charge in [0.25, 0.3) is 0 Å². The maximum absolute atomic E-state index is 10.8. The van der Waals surface area contributed by atoms with Crippen LogP contribution in [0.3, 0.4) is 0 Å². The number of hydrogen-bond donors (Lipinski definition) is 2. The van der Waals surface area contributed by atoms with E-state index in [-0.39, 0.29) is 12.8 Å². The van der Waals surface area contributed by atoms with Crippen LogP contribution in [-0.2, 0) is 9.59 Å². The molecule has 0 radical (unpaired) electrons. The molecule has 0 bridgehead atoms. The molecular weight excluding hydrogens is 274 g/mol. The third kappa shape index (κ3) is 5.72. The highest BCUT2D eigenvalue weighted by Crippen LogP contribution is 2.29. The lowest BCUT2D eigenvalue weighted by Gasteiger charge is -2.26. The Labute approximate surface area is 124 Å². The molecule has 0 fully saturated rings. The van der Waals surface area contributed by atoms with Crippen molar-refractivity contribution in [2.45, 2.75) is 26.2 Å². The highest BCUT2D eigenvalue weighted by Gasteiger charge is 2.14. The number of rotatable bonds is 9. The van der Waals surface area contributed by atoms with Gasteiger partial charge in [-0.1, -0.05) is 6.07 Å². The summed E-state index contributed by atoms with van der Waals surface area (Å²) in [4.78, 5) is 23.3. The molecule has 0 saturated carbocycles. The van der Waals surface area contributed by atoms with Gasteiger partial charge in [-0.25, -0.2) is 0 Å². The molecule has 1 aromatic carbocycles. The van der Waals surface area contributed by atoms with E-state index in [9.17, 15) is 9.59 Å². The van der Waals surface area contributed by atoms with Crippen LogP contribution in [0.2, 0.25) is 0 Å². The summed E-state index contributed by atoms with van der Waals surface area (Å²) in [6.07, 6.45) is 0.494. The lowest BCUT2D eigenvalue weighted by atomic mass is 10.1. The Kier molecular flexibility index (Phi) is 6.52. The summed E-state index contributed by atoms with van der Waals surface area (Å²) < 4.78 is 5.31. The van der Waals surface area contributed by atoms with E-state index >= 15 is 0 Å². The fourth-order valence-corrected chi connectivity index (χ4v) is 2.05. The average Bonchev–Trinajstić information content (AvgIpc) is 2.42. The molecular formula is C15H21NO5. The number of carboxylic acids is 2. The normalized spacial score (nSPS) is 10.2. The van der Waals surface area contributed by atoms with Gasteiger partial charge in [-0.15, -0.1) is 0 Å². The number of hydrogen-bond acceptors (Lipinski definition) is 4. The predicted octanol–water partition coefficient (Wildman–Crippen LogP) is 2.15. The summed E-state index contributed by atoms with van der Waals surface area (Å²) in [5.74, 6) is -1.09. The van der Waals surface area contributed by atoms with Crippen molar-refractivity contribution in [1.29, 1.82) is 0 Å². The van der Waals surface area contributed by atoms with Gasteiger partial charge in [0, 0.05) is 19.5 Å². The second-order valence-corrected chi connectivity index (χ2v) is 4.80. The smallest absolute Gasteiger partial charge is 0.305 e. The van der Waals surface area contributed by atoms with Crippen molar-refractivity contribution >= 4 is 17.6 Å². The van der Waals surface area contributed by atoms with Gasteiger partial charge in [0.05, 0.1) is 19.2 Å². The fourth-order valence-electron chi connectivity index (χ4n) is 2.05. The van der Waals surface area contributed by atoms with E-state index in [0.717, 1.165) is 11.3 Å². The van der Waals surface area contributed by atoms with Crippen molar-refractivity contribution in [2.24, 2.45) is 0 Å². The monoisotopic (exact) mass is 295 g/mol. The molecule has 0 aliphatic heterocycles. The van der Waals surface area contributed by atoms with Crippen molar-refractivity contribution in [2.75, 3.05) is 25.1 Å². The predicted molar refractivity (Wildman–Crippen MR) is 79.1 cm³/mol. The fraction of sp³-hybridized carbons (Fsp3) is 0.467. The van der Waals surface area contributed by atoms with Gasteiger partial charge in [0.15, 0.2) is 0 Å². The Bertz CT molecular complexity index is 501. The Morgan fingerprint density at radius 3 is 2.38 bits per heavy atom. The van der Waals surface area contributed by atoms with Crippen molar-refractivity contribution < 1.29 is 24.5 Å². The summed E-state index contributed by atoms with van der Waals surface area (Å²) in [5, 5.41) is 17.6. The van der Waals surface area contributed by atoms with E-state index < -0.39 is 11.9 Å². The third-order valence-electron chi connectivity index (χ3n) is 3.09.